The van der Waals surface area contributed by atoms with Crippen molar-refractivity contribution in [1.29, 1.82) is 0 Å². The van der Waals surface area contributed by atoms with Crippen LogP contribution >= 0.6 is 0 Å². The van der Waals surface area contributed by atoms with E-state index < -0.39 is 0 Å². The molecule has 0 fully saturated rings. The van der Waals surface area contributed by atoms with Gasteiger partial charge in [0.25, 0.3) is 0 Å². The van der Waals surface area contributed by atoms with E-state index in [9.17, 15) is 5.11 Å². The van der Waals surface area contributed by atoms with Gasteiger partial charge in [0.2, 0.25) is 0 Å². The van der Waals surface area contributed by atoms with E-state index in [1.807, 2.05) is 18.2 Å². The molecule has 0 saturated heterocycles. The fourth-order valence-electron chi connectivity index (χ4n) is 2.04. The van der Waals surface area contributed by atoms with Crippen LogP contribution in [0.4, 0.5) is 0 Å². The van der Waals surface area contributed by atoms with Gasteiger partial charge in [-0.15, -0.1) is 0 Å². The molecule has 0 amide bonds. The average Bonchev–Trinajstić information content (AvgIpc) is 2.97. The fraction of sp³-hybridized carbons (Fsp3) is 0.429. The third kappa shape index (κ3) is 2.80. The summed E-state index contributed by atoms with van der Waals surface area (Å²) < 4.78 is 7.56. The number of aromatic nitrogens is 1. The molecule has 1 N–H and O–H groups in total. The Morgan fingerprint density at radius 3 is 2.71 bits per heavy atom. The Morgan fingerprint density at radius 2 is 2.06 bits per heavy atom. The normalized spacial score (nSPS) is 10.9. The fourth-order valence-corrected chi connectivity index (χ4v) is 2.04. The third-order valence-electron chi connectivity index (χ3n) is 2.99. The Labute approximate surface area is 102 Å². The number of hydrogen-bond donors (Lipinski definition) is 1. The van der Waals surface area contributed by atoms with Crippen molar-refractivity contribution in [2.45, 2.75) is 39.3 Å². The van der Waals surface area contributed by atoms with Gasteiger partial charge in [-0.3, -0.25) is 0 Å². The van der Waals surface area contributed by atoms with Gasteiger partial charge < -0.3 is 14.1 Å². The Balaban J connectivity index is 2.17. The smallest absolute Gasteiger partial charge is 0.109 e. The molecule has 0 saturated carbocycles. The summed E-state index contributed by atoms with van der Waals surface area (Å²) in [6.45, 7) is 3.24. The molecule has 0 unspecified atom stereocenters. The molecule has 2 rings (SSSR count). The first-order chi connectivity index (χ1) is 8.35. The summed E-state index contributed by atoms with van der Waals surface area (Å²) in [4.78, 5) is 0. The summed E-state index contributed by atoms with van der Waals surface area (Å²) in [7, 11) is 0. The van der Waals surface area contributed by atoms with E-state index >= 15 is 0 Å². The van der Waals surface area contributed by atoms with E-state index in [-0.39, 0.29) is 6.61 Å². The van der Waals surface area contributed by atoms with Gasteiger partial charge in [0, 0.05) is 24.4 Å². The second-order valence-corrected chi connectivity index (χ2v) is 4.24. The van der Waals surface area contributed by atoms with Crippen LogP contribution in [0.5, 0.6) is 0 Å². The highest BCUT2D eigenvalue weighted by molar-refractivity contribution is 5.20. The minimum Gasteiger partial charge on any atom is -0.469 e. The number of nitrogens with zero attached hydrogens (tertiary/aromatic N) is 1. The van der Waals surface area contributed by atoms with Gasteiger partial charge in [0.15, 0.2) is 0 Å². The van der Waals surface area contributed by atoms with Crippen molar-refractivity contribution < 1.29 is 9.52 Å². The van der Waals surface area contributed by atoms with Gasteiger partial charge in [0.1, 0.15) is 5.76 Å². The van der Waals surface area contributed by atoms with Crippen molar-refractivity contribution in [3.8, 4) is 0 Å². The van der Waals surface area contributed by atoms with E-state index in [4.69, 9.17) is 4.42 Å². The highest BCUT2D eigenvalue weighted by Crippen LogP contribution is 2.16. The molecule has 2 aromatic rings. The highest BCUT2D eigenvalue weighted by Gasteiger charge is 2.08. The van der Waals surface area contributed by atoms with E-state index in [0.717, 1.165) is 37.3 Å². The van der Waals surface area contributed by atoms with Crippen LogP contribution in [0.25, 0.3) is 0 Å². The van der Waals surface area contributed by atoms with Crippen LogP contribution in [0.3, 0.4) is 0 Å². The molecule has 0 aliphatic rings. The van der Waals surface area contributed by atoms with Crippen LogP contribution in [0.2, 0.25) is 0 Å². The number of aliphatic hydroxyl groups is 1. The Bertz CT molecular complexity index is 443. The molecule has 0 aromatic carbocycles. The van der Waals surface area contributed by atoms with Gasteiger partial charge in [-0.05, 0) is 30.7 Å². The van der Waals surface area contributed by atoms with Crippen molar-refractivity contribution in [1.82, 2.24) is 4.57 Å². The van der Waals surface area contributed by atoms with Gasteiger partial charge in [0.05, 0.1) is 12.9 Å². The van der Waals surface area contributed by atoms with Crippen molar-refractivity contribution in [2.24, 2.45) is 0 Å². The lowest BCUT2D eigenvalue weighted by atomic mass is 10.2. The molecule has 0 aliphatic carbocycles. The molecule has 0 aliphatic heterocycles. The number of unbranched alkanes of at least 4 members (excludes halogenated alkanes) is 1. The van der Waals surface area contributed by atoms with Gasteiger partial charge >= 0.3 is 0 Å². The first-order valence-electron chi connectivity index (χ1n) is 6.15. The standard InChI is InChI=1S/C14H19NO2/c1-2-3-8-15-12(6-7-13(15)11-16)10-14-5-4-9-17-14/h4-7,9,16H,2-3,8,10-11H2,1H3. The predicted octanol–water partition coefficient (Wildman–Crippen LogP) is 2.96. The molecular weight excluding hydrogens is 214 g/mol. The first-order valence-corrected chi connectivity index (χ1v) is 6.15. The minimum atomic E-state index is 0.0991. The van der Waals surface area contributed by atoms with Crippen LogP contribution in [0, 0.1) is 0 Å². The van der Waals surface area contributed by atoms with Gasteiger partial charge in [-0.1, -0.05) is 13.3 Å². The van der Waals surface area contributed by atoms with Crippen molar-refractivity contribution >= 4 is 0 Å². The summed E-state index contributed by atoms with van der Waals surface area (Å²) >= 11 is 0. The van der Waals surface area contributed by atoms with Gasteiger partial charge in [-0.25, -0.2) is 0 Å². The predicted molar refractivity (Wildman–Crippen MR) is 66.8 cm³/mol. The average molecular weight is 233 g/mol. The summed E-state index contributed by atoms with van der Waals surface area (Å²) in [6.07, 6.45) is 4.77. The topological polar surface area (TPSA) is 38.3 Å². The largest absolute Gasteiger partial charge is 0.469 e. The maximum atomic E-state index is 9.31. The molecule has 0 atom stereocenters. The van der Waals surface area contributed by atoms with Crippen molar-refractivity contribution in [2.75, 3.05) is 0 Å². The molecule has 17 heavy (non-hydrogen) atoms. The third-order valence-corrected chi connectivity index (χ3v) is 2.99. The SMILES string of the molecule is CCCCn1c(CO)ccc1Cc1ccco1. The summed E-state index contributed by atoms with van der Waals surface area (Å²) in [5.74, 6) is 0.963. The number of hydrogen-bond acceptors (Lipinski definition) is 2. The lowest BCUT2D eigenvalue weighted by molar-refractivity contribution is 0.269. The molecule has 3 heteroatoms. The Morgan fingerprint density at radius 1 is 1.24 bits per heavy atom. The summed E-state index contributed by atoms with van der Waals surface area (Å²) in [5, 5.41) is 9.31. The van der Waals surface area contributed by atoms with E-state index in [1.54, 1.807) is 6.26 Å². The number of aliphatic hydroxyl groups excluding tert-OH is 1. The lowest BCUT2D eigenvalue weighted by Gasteiger charge is -2.11. The molecule has 3 nitrogen and oxygen atoms in total. The maximum absolute atomic E-state index is 9.31. The maximum Gasteiger partial charge on any atom is 0.109 e. The monoisotopic (exact) mass is 233 g/mol. The molecule has 92 valence electrons. The molecule has 2 heterocycles. The molecular formula is C14H19NO2. The van der Waals surface area contributed by atoms with Gasteiger partial charge in [-0.2, -0.15) is 0 Å². The first kappa shape index (κ1) is 12.0. The second kappa shape index (κ2) is 5.73. The Kier molecular flexibility index (Phi) is 4.04. The lowest BCUT2D eigenvalue weighted by Crippen LogP contribution is -2.07. The van der Waals surface area contributed by atoms with Crippen molar-refractivity contribution in [3.05, 3.63) is 47.7 Å². The van der Waals surface area contributed by atoms with E-state index in [0.29, 0.717) is 0 Å². The zero-order valence-corrected chi connectivity index (χ0v) is 10.2. The quantitative estimate of drug-likeness (QED) is 0.833. The zero-order chi connectivity index (χ0) is 12.1. The summed E-state index contributed by atoms with van der Waals surface area (Å²) in [5.41, 5.74) is 2.19. The van der Waals surface area contributed by atoms with Crippen LogP contribution in [-0.4, -0.2) is 9.67 Å². The zero-order valence-electron chi connectivity index (χ0n) is 10.2. The van der Waals surface area contributed by atoms with Crippen LogP contribution < -0.4 is 0 Å². The number of furan rings is 1. The Hall–Kier alpha value is -1.48. The number of rotatable bonds is 6. The van der Waals surface area contributed by atoms with Crippen molar-refractivity contribution in [3.63, 3.8) is 0 Å². The molecule has 0 spiro atoms. The highest BCUT2D eigenvalue weighted by atomic mass is 16.3. The summed E-state index contributed by atoms with van der Waals surface area (Å²) in [6, 6.07) is 7.95. The molecule has 0 bridgehead atoms. The van der Waals surface area contributed by atoms with E-state index in [1.165, 1.54) is 5.69 Å². The van der Waals surface area contributed by atoms with Crippen LogP contribution in [0.1, 0.15) is 36.9 Å². The molecule has 2 aromatic heterocycles. The minimum absolute atomic E-state index is 0.0991. The molecule has 0 radical (unpaired) electrons. The van der Waals surface area contributed by atoms with Crippen LogP contribution in [0.15, 0.2) is 34.9 Å². The second-order valence-electron chi connectivity index (χ2n) is 4.24. The van der Waals surface area contributed by atoms with E-state index in [2.05, 4.69) is 17.6 Å². The van der Waals surface area contributed by atoms with Crippen LogP contribution in [-0.2, 0) is 19.6 Å².